The Kier molecular flexibility index (Phi) is 2.16. The second kappa shape index (κ2) is 3.60. The summed E-state index contributed by atoms with van der Waals surface area (Å²) < 4.78 is 1.63. The van der Waals surface area contributed by atoms with Crippen LogP contribution in [0.25, 0.3) is 10.9 Å². The summed E-state index contributed by atoms with van der Waals surface area (Å²) in [5, 5.41) is 12.9. The monoisotopic (exact) mass is 244 g/mol. The molecule has 0 saturated heterocycles. The van der Waals surface area contributed by atoms with Crippen LogP contribution in [0.3, 0.4) is 0 Å². The number of aromatic nitrogens is 1. The lowest BCUT2D eigenvalue weighted by molar-refractivity contribution is -0.119. The predicted molar refractivity (Wildman–Crippen MR) is 66.9 cm³/mol. The smallest absolute Gasteiger partial charge is 0.352 e. The average molecular weight is 244 g/mol. The fraction of sp³-hybridized carbons (Fsp3) is 0.231. The van der Waals surface area contributed by atoms with Crippen LogP contribution in [-0.2, 0) is 4.79 Å². The van der Waals surface area contributed by atoms with E-state index in [0.717, 1.165) is 10.9 Å². The van der Waals surface area contributed by atoms with Crippen molar-refractivity contribution in [2.75, 3.05) is 5.32 Å². The van der Waals surface area contributed by atoms with Gasteiger partial charge in [-0.2, -0.15) is 0 Å². The molecule has 1 aromatic carbocycles. The summed E-state index contributed by atoms with van der Waals surface area (Å²) in [6, 6.07) is 6.60. The van der Waals surface area contributed by atoms with Crippen LogP contribution in [0.1, 0.15) is 29.9 Å². The molecule has 1 aliphatic rings. The third kappa shape index (κ3) is 1.27. The van der Waals surface area contributed by atoms with E-state index in [1.807, 2.05) is 13.0 Å². The SMILES string of the molecule is CCC1C(=O)Nc2cccc3cc(C(=O)O)n1c23. The van der Waals surface area contributed by atoms with Crippen LogP contribution in [0, 0.1) is 0 Å². The molecule has 2 heterocycles. The molecule has 0 aliphatic carbocycles. The zero-order valence-electron chi connectivity index (χ0n) is 9.80. The number of carbonyl (C=O) groups is 2. The lowest BCUT2D eigenvalue weighted by Crippen LogP contribution is -2.31. The first-order valence-electron chi connectivity index (χ1n) is 5.81. The summed E-state index contributed by atoms with van der Waals surface area (Å²) in [7, 11) is 0. The van der Waals surface area contributed by atoms with Crippen LogP contribution >= 0.6 is 0 Å². The highest BCUT2D eigenvalue weighted by atomic mass is 16.4. The van der Waals surface area contributed by atoms with Gasteiger partial charge in [-0.05, 0) is 18.6 Å². The minimum Gasteiger partial charge on any atom is -0.477 e. The molecule has 1 amide bonds. The first-order valence-corrected chi connectivity index (χ1v) is 5.81. The number of amides is 1. The predicted octanol–water partition coefficient (Wildman–Crippen LogP) is 2.24. The molecular weight excluding hydrogens is 232 g/mol. The van der Waals surface area contributed by atoms with E-state index >= 15 is 0 Å². The molecule has 1 aliphatic heterocycles. The maximum absolute atomic E-state index is 12.0. The van der Waals surface area contributed by atoms with Crippen molar-refractivity contribution in [1.82, 2.24) is 4.57 Å². The number of aromatic carboxylic acids is 1. The fourth-order valence-electron chi connectivity index (χ4n) is 2.57. The first-order chi connectivity index (χ1) is 8.63. The highest BCUT2D eigenvalue weighted by Crippen LogP contribution is 2.35. The van der Waals surface area contributed by atoms with Crippen LogP contribution in [-0.4, -0.2) is 21.6 Å². The zero-order valence-corrected chi connectivity index (χ0v) is 9.80. The van der Waals surface area contributed by atoms with Crippen LogP contribution < -0.4 is 5.32 Å². The van der Waals surface area contributed by atoms with Crippen LogP contribution in [0.5, 0.6) is 0 Å². The zero-order chi connectivity index (χ0) is 12.9. The summed E-state index contributed by atoms with van der Waals surface area (Å²) >= 11 is 0. The summed E-state index contributed by atoms with van der Waals surface area (Å²) in [5.74, 6) is -1.17. The quantitative estimate of drug-likeness (QED) is 0.851. The molecule has 5 heteroatoms. The standard InChI is InChI=1S/C13H12N2O3/c1-2-9-12(16)14-8-5-3-4-7-6-10(13(17)18)15(9)11(7)8/h3-6,9H,2H2,1H3,(H,14,16)(H,17,18). The van der Waals surface area contributed by atoms with Crippen molar-refractivity contribution in [2.45, 2.75) is 19.4 Å². The van der Waals surface area contributed by atoms with Gasteiger partial charge in [-0.3, -0.25) is 4.79 Å². The van der Waals surface area contributed by atoms with Gasteiger partial charge in [0.2, 0.25) is 5.91 Å². The Hall–Kier alpha value is -2.30. The normalized spacial score (nSPS) is 17.8. The lowest BCUT2D eigenvalue weighted by atomic mass is 10.1. The molecule has 0 fully saturated rings. The van der Waals surface area contributed by atoms with E-state index < -0.39 is 12.0 Å². The van der Waals surface area contributed by atoms with Crippen molar-refractivity contribution < 1.29 is 14.7 Å². The van der Waals surface area contributed by atoms with E-state index in [-0.39, 0.29) is 11.6 Å². The number of hydrogen-bond donors (Lipinski definition) is 2. The van der Waals surface area contributed by atoms with Gasteiger partial charge < -0.3 is 15.0 Å². The molecule has 1 unspecified atom stereocenters. The minimum absolute atomic E-state index is 0.156. The van der Waals surface area contributed by atoms with E-state index in [1.165, 1.54) is 0 Å². The number of benzene rings is 1. The van der Waals surface area contributed by atoms with Crippen molar-refractivity contribution in [3.05, 3.63) is 30.0 Å². The van der Waals surface area contributed by atoms with Gasteiger partial charge in [0, 0.05) is 5.39 Å². The first kappa shape index (κ1) is 10.8. The van der Waals surface area contributed by atoms with Gasteiger partial charge in [0.1, 0.15) is 11.7 Å². The van der Waals surface area contributed by atoms with Gasteiger partial charge in [0.25, 0.3) is 0 Å². The second-order valence-corrected chi connectivity index (χ2v) is 4.36. The van der Waals surface area contributed by atoms with E-state index in [2.05, 4.69) is 5.32 Å². The highest BCUT2D eigenvalue weighted by Gasteiger charge is 2.30. The second-order valence-electron chi connectivity index (χ2n) is 4.36. The van der Waals surface area contributed by atoms with Crippen LogP contribution in [0.2, 0.25) is 0 Å². The van der Waals surface area contributed by atoms with Crippen LogP contribution in [0.15, 0.2) is 24.3 Å². The van der Waals surface area contributed by atoms with Gasteiger partial charge in [0.15, 0.2) is 0 Å². The Morgan fingerprint density at radius 2 is 2.28 bits per heavy atom. The number of nitrogens with one attached hydrogen (secondary N) is 1. The van der Waals surface area contributed by atoms with E-state index in [4.69, 9.17) is 0 Å². The number of carbonyl (C=O) groups excluding carboxylic acids is 1. The van der Waals surface area contributed by atoms with Gasteiger partial charge in [-0.25, -0.2) is 4.79 Å². The van der Waals surface area contributed by atoms with E-state index in [1.54, 1.807) is 22.8 Å². The summed E-state index contributed by atoms with van der Waals surface area (Å²) in [4.78, 5) is 23.3. The van der Waals surface area contributed by atoms with E-state index in [0.29, 0.717) is 12.1 Å². The largest absolute Gasteiger partial charge is 0.477 e. The molecule has 5 nitrogen and oxygen atoms in total. The maximum Gasteiger partial charge on any atom is 0.352 e. The van der Waals surface area contributed by atoms with E-state index in [9.17, 15) is 14.7 Å². The lowest BCUT2D eigenvalue weighted by Gasteiger charge is -2.25. The van der Waals surface area contributed by atoms with Gasteiger partial charge in [-0.15, -0.1) is 0 Å². The number of nitrogens with zero attached hydrogens (tertiary/aromatic N) is 1. The molecule has 0 spiro atoms. The molecule has 0 saturated carbocycles. The van der Waals surface area contributed by atoms with Gasteiger partial charge in [-0.1, -0.05) is 19.1 Å². The Bertz CT molecular complexity index is 672. The van der Waals surface area contributed by atoms with Gasteiger partial charge >= 0.3 is 5.97 Å². The number of carboxylic acid groups (broad SMARTS) is 1. The third-order valence-corrected chi connectivity index (χ3v) is 3.34. The molecule has 3 rings (SSSR count). The Labute approximate surface area is 103 Å². The highest BCUT2D eigenvalue weighted by molar-refractivity contribution is 6.09. The molecule has 1 atom stereocenters. The number of para-hydroxylation sites is 1. The number of carboxylic acids is 1. The van der Waals surface area contributed by atoms with Crippen molar-refractivity contribution in [1.29, 1.82) is 0 Å². The van der Waals surface area contributed by atoms with Crippen molar-refractivity contribution in [3.8, 4) is 0 Å². The fourth-order valence-corrected chi connectivity index (χ4v) is 2.57. The molecule has 2 N–H and O–H groups in total. The Balaban J connectivity index is 2.42. The molecule has 1 aromatic heterocycles. The molecular formula is C13H12N2O3. The molecule has 0 bridgehead atoms. The summed E-state index contributed by atoms with van der Waals surface area (Å²) in [5.41, 5.74) is 1.63. The molecule has 92 valence electrons. The van der Waals surface area contributed by atoms with Crippen LogP contribution in [0.4, 0.5) is 5.69 Å². The number of anilines is 1. The van der Waals surface area contributed by atoms with Crippen molar-refractivity contribution in [3.63, 3.8) is 0 Å². The Morgan fingerprint density at radius 3 is 2.94 bits per heavy atom. The molecule has 18 heavy (non-hydrogen) atoms. The molecule has 2 aromatic rings. The van der Waals surface area contributed by atoms with Crippen molar-refractivity contribution >= 4 is 28.5 Å². The topological polar surface area (TPSA) is 71.3 Å². The molecule has 0 radical (unpaired) electrons. The van der Waals surface area contributed by atoms with Gasteiger partial charge in [0.05, 0.1) is 11.2 Å². The number of rotatable bonds is 2. The van der Waals surface area contributed by atoms with Crippen molar-refractivity contribution in [2.24, 2.45) is 0 Å². The average Bonchev–Trinajstić information content (AvgIpc) is 2.71. The summed E-state index contributed by atoms with van der Waals surface area (Å²) in [6.45, 7) is 1.87. The number of hydrogen-bond acceptors (Lipinski definition) is 2. The maximum atomic E-state index is 12.0. The Morgan fingerprint density at radius 1 is 1.50 bits per heavy atom. The third-order valence-electron chi connectivity index (χ3n) is 3.34. The minimum atomic E-state index is -1.01. The summed E-state index contributed by atoms with van der Waals surface area (Å²) in [6.07, 6.45) is 0.560.